The van der Waals surface area contributed by atoms with E-state index in [1.54, 1.807) is 24.5 Å². The van der Waals surface area contributed by atoms with E-state index in [0.29, 0.717) is 11.5 Å². The quantitative estimate of drug-likeness (QED) is 0.729. The maximum atomic E-state index is 12.9. The summed E-state index contributed by atoms with van der Waals surface area (Å²) in [4.78, 5) is 0. The summed E-state index contributed by atoms with van der Waals surface area (Å²) in [5.74, 6) is 0.818. The third-order valence-corrected chi connectivity index (χ3v) is 1.95. The van der Waals surface area contributed by atoms with Gasteiger partial charge in [0.2, 0.25) is 0 Å². The van der Waals surface area contributed by atoms with Crippen LogP contribution in [0.25, 0.3) is 11.3 Å². The van der Waals surface area contributed by atoms with Crippen LogP contribution in [0.15, 0.2) is 41.0 Å². The molecule has 0 aliphatic heterocycles. The third kappa shape index (κ3) is 1.48. The van der Waals surface area contributed by atoms with Crippen LogP contribution in [-0.4, -0.2) is 7.11 Å². The van der Waals surface area contributed by atoms with E-state index in [0.717, 1.165) is 5.56 Å². The van der Waals surface area contributed by atoms with Crippen LogP contribution < -0.4 is 4.74 Å². The summed E-state index contributed by atoms with van der Waals surface area (Å²) in [6.07, 6.45) is 1.57. The van der Waals surface area contributed by atoms with E-state index in [9.17, 15) is 4.39 Å². The molecule has 1 aromatic carbocycles. The van der Waals surface area contributed by atoms with Crippen LogP contribution in [0.5, 0.6) is 5.75 Å². The van der Waals surface area contributed by atoms with Gasteiger partial charge in [-0.25, -0.2) is 4.39 Å². The van der Waals surface area contributed by atoms with Crippen LogP contribution in [0.4, 0.5) is 4.39 Å². The summed E-state index contributed by atoms with van der Waals surface area (Å²) in [6, 6.07) is 7.92. The molecule has 0 radical (unpaired) electrons. The van der Waals surface area contributed by atoms with Gasteiger partial charge >= 0.3 is 0 Å². The second-order valence-corrected chi connectivity index (χ2v) is 2.82. The standard InChI is InChI=1S/C11H9FO2/c1-13-11-7-8(12)4-5-9(11)10-3-2-6-14-10/h2-7H,1H3. The summed E-state index contributed by atoms with van der Waals surface area (Å²) in [5, 5.41) is 0. The van der Waals surface area contributed by atoms with Gasteiger partial charge in [0.05, 0.1) is 18.9 Å². The van der Waals surface area contributed by atoms with Crippen molar-refractivity contribution in [3.63, 3.8) is 0 Å². The summed E-state index contributed by atoms with van der Waals surface area (Å²) < 4.78 is 23.1. The van der Waals surface area contributed by atoms with E-state index in [2.05, 4.69) is 0 Å². The molecule has 1 heterocycles. The Kier molecular flexibility index (Phi) is 2.23. The molecule has 2 aromatic rings. The Morgan fingerprint density at radius 2 is 2.14 bits per heavy atom. The minimum atomic E-state index is -0.322. The normalized spacial score (nSPS) is 10.1. The van der Waals surface area contributed by atoms with Crippen LogP contribution in [0, 0.1) is 5.82 Å². The molecule has 72 valence electrons. The molecule has 3 heteroatoms. The molecule has 1 aromatic heterocycles. The number of furan rings is 1. The van der Waals surface area contributed by atoms with E-state index in [1.807, 2.05) is 0 Å². The van der Waals surface area contributed by atoms with Crippen LogP contribution in [-0.2, 0) is 0 Å². The molecule has 0 saturated carbocycles. The summed E-state index contributed by atoms with van der Waals surface area (Å²) >= 11 is 0. The van der Waals surface area contributed by atoms with E-state index >= 15 is 0 Å². The Bertz CT molecular complexity index is 421. The van der Waals surface area contributed by atoms with Gasteiger partial charge in [0, 0.05) is 6.07 Å². The summed E-state index contributed by atoms with van der Waals surface area (Å²) in [5.41, 5.74) is 0.749. The van der Waals surface area contributed by atoms with E-state index in [1.165, 1.54) is 19.2 Å². The molecule has 0 aliphatic rings. The van der Waals surface area contributed by atoms with Crippen molar-refractivity contribution in [2.45, 2.75) is 0 Å². The molecule has 0 unspecified atom stereocenters. The molecule has 0 atom stereocenters. The Morgan fingerprint density at radius 3 is 2.79 bits per heavy atom. The Labute approximate surface area is 80.9 Å². The molecule has 0 amide bonds. The molecular formula is C11H9FO2. The Morgan fingerprint density at radius 1 is 1.29 bits per heavy atom. The predicted octanol–water partition coefficient (Wildman–Crippen LogP) is 3.09. The first-order valence-electron chi connectivity index (χ1n) is 4.18. The number of halogens is 1. The van der Waals surface area contributed by atoms with Gasteiger partial charge in [0.15, 0.2) is 0 Å². The zero-order valence-corrected chi connectivity index (χ0v) is 7.66. The second-order valence-electron chi connectivity index (χ2n) is 2.82. The molecule has 0 aliphatic carbocycles. The molecular weight excluding hydrogens is 183 g/mol. The first-order valence-corrected chi connectivity index (χ1v) is 4.18. The third-order valence-electron chi connectivity index (χ3n) is 1.95. The SMILES string of the molecule is COc1cc(F)ccc1-c1ccco1. The van der Waals surface area contributed by atoms with Crippen molar-refractivity contribution >= 4 is 0 Å². The van der Waals surface area contributed by atoms with Crippen molar-refractivity contribution in [2.24, 2.45) is 0 Å². The van der Waals surface area contributed by atoms with Crippen molar-refractivity contribution in [2.75, 3.05) is 7.11 Å². The predicted molar refractivity (Wildman–Crippen MR) is 50.7 cm³/mol. The average Bonchev–Trinajstić information content (AvgIpc) is 2.70. The molecule has 0 bridgehead atoms. The maximum absolute atomic E-state index is 12.9. The van der Waals surface area contributed by atoms with Crippen molar-refractivity contribution < 1.29 is 13.5 Å². The smallest absolute Gasteiger partial charge is 0.137 e. The summed E-state index contributed by atoms with van der Waals surface area (Å²) in [6.45, 7) is 0. The Hall–Kier alpha value is -1.77. The van der Waals surface area contributed by atoms with Crippen LogP contribution in [0.1, 0.15) is 0 Å². The molecule has 14 heavy (non-hydrogen) atoms. The van der Waals surface area contributed by atoms with Crippen molar-refractivity contribution in [3.05, 3.63) is 42.4 Å². The first-order chi connectivity index (χ1) is 6.81. The average molecular weight is 192 g/mol. The lowest BCUT2D eigenvalue weighted by Crippen LogP contribution is -1.87. The number of hydrogen-bond acceptors (Lipinski definition) is 2. The van der Waals surface area contributed by atoms with Gasteiger partial charge in [-0.2, -0.15) is 0 Å². The van der Waals surface area contributed by atoms with Gasteiger partial charge in [0.1, 0.15) is 17.3 Å². The van der Waals surface area contributed by atoms with Gasteiger partial charge in [-0.3, -0.25) is 0 Å². The highest BCUT2D eigenvalue weighted by Crippen LogP contribution is 2.30. The molecule has 0 N–H and O–H groups in total. The lowest BCUT2D eigenvalue weighted by Gasteiger charge is -2.05. The summed E-state index contributed by atoms with van der Waals surface area (Å²) in [7, 11) is 1.50. The zero-order chi connectivity index (χ0) is 9.97. The van der Waals surface area contributed by atoms with Crippen molar-refractivity contribution in [1.82, 2.24) is 0 Å². The van der Waals surface area contributed by atoms with Crippen molar-refractivity contribution in [1.29, 1.82) is 0 Å². The molecule has 2 nitrogen and oxygen atoms in total. The van der Waals surface area contributed by atoms with Crippen LogP contribution in [0.2, 0.25) is 0 Å². The number of rotatable bonds is 2. The molecule has 0 saturated heterocycles. The molecule has 0 spiro atoms. The maximum Gasteiger partial charge on any atom is 0.137 e. The highest BCUT2D eigenvalue weighted by atomic mass is 19.1. The number of methoxy groups -OCH3 is 1. The fourth-order valence-electron chi connectivity index (χ4n) is 1.30. The highest BCUT2D eigenvalue weighted by molar-refractivity contribution is 5.65. The lowest BCUT2D eigenvalue weighted by atomic mass is 10.1. The van der Waals surface area contributed by atoms with Gasteiger partial charge < -0.3 is 9.15 Å². The van der Waals surface area contributed by atoms with Gasteiger partial charge in [-0.05, 0) is 24.3 Å². The Balaban J connectivity index is 2.53. The van der Waals surface area contributed by atoms with E-state index < -0.39 is 0 Å². The van der Waals surface area contributed by atoms with Crippen LogP contribution >= 0.6 is 0 Å². The number of benzene rings is 1. The van der Waals surface area contributed by atoms with Crippen LogP contribution in [0.3, 0.4) is 0 Å². The van der Waals surface area contributed by atoms with Gasteiger partial charge in [0.25, 0.3) is 0 Å². The number of ether oxygens (including phenoxy) is 1. The van der Waals surface area contributed by atoms with Crippen molar-refractivity contribution in [3.8, 4) is 17.1 Å². The van der Waals surface area contributed by atoms with Gasteiger partial charge in [-0.1, -0.05) is 0 Å². The monoisotopic (exact) mass is 192 g/mol. The highest BCUT2D eigenvalue weighted by Gasteiger charge is 2.08. The fraction of sp³-hybridized carbons (Fsp3) is 0.0909. The van der Waals surface area contributed by atoms with E-state index in [-0.39, 0.29) is 5.82 Å². The number of hydrogen-bond donors (Lipinski definition) is 0. The zero-order valence-electron chi connectivity index (χ0n) is 7.66. The molecule has 0 fully saturated rings. The minimum Gasteiger partial charge on any atom is -0.496 e. The largest absolute Gasteiger partial charge is 0.496 e. The topological polar surface area (TPSA) is 22.4 Å². The minimum absolute atomic E-state index is 0.322. The molecule has 2 rings (SSSR count). The van der Waals surface area contributed by atoms with E-state index in [4.69, 9.17) is 9.15 Å². The van der Waals surface area contributed by atoms with Gasteiger partial charge in [-0.15, -0.1) is 0 Å². The first kappa shape index (κ1) is 8.81. The lowest BCUT2D eigenvalue weighted by molar-refractivity contribution is 0.411. The fourth-order valence-corrected chi connectivity index (χ4v) is 1.30. The second kappa shape index (κ2) is 3.54.